The second-order valence-electron chi connectivity index (χ2n) is 4.03. The molecule has 0 saturated heterocycles. The third-order valence-electron chi connectivity index (χ3n) is 2.63. The number of aromatic nitrogens is 1. The predicted molar refractivity (Wildman–Crippen MR) is 77.7 cm³/mol. The fourth-order valence-electron chi connectivity index (χ4n) is 1.67. The lowest BCUT2D eigenvalue weighted by Gasteiger charge is -2.16. The van der Waals surface area contributed by atoms with Crippen molar-refractivity contribution in [3.05, 3.63) is 32.4 Å². The maximum Gasteiger partial charge on any atom is 0.244 e. The molecule has 0 radical (unpaired) electrons. The van der Waals surface area contributed by atoms with Gasteiger partial charge < -0.3 is 5.73 Å². The monoisotopic (exact) mass is 317 g/mol. The number of thiazole rings is 1. The molecule has 0 bridgehead atoms. The highest BCUT2D eigenvalue weighted by molar-refractivity contribution is 7.89. The Morgan fingerprint density at radius 2 is 2.16 bits per heavy atom. The SMILES string of the molecule is Cc1nc(CN(C)S(=O)(=O)c2ccsc2CN)cs1. The third kappa shape index (κ3) is 3.03. The van der Waals surface area contributed by atoms with Crippen LogP contribution in [-0.4, -0.2) is 24.8 Å². The largest absolute Gasteiger partial charge is 0.326 e. The summed E-state index contributed by atoms with van der Waals surface area (Å²) in [5.74, 6) is 0. The maximum absolute atomic E-state index is 12.4. The van der Waals surface area contributed by atoms with Gasteiger partial charge in [-0.2, -0.15) is 4.31 Å². The molecule has 0 unspecified atom stereocenters. The molecule has 0 aliphatic heterocycles. The van der Waals surface area contributed by atoms with Crippen LogP contribution in [0.2, 0.25) is 0 Å². The van der Waals surface area contributed by atoms with Gasteiger partial charge in [0.25, 0.3) is 0 Å². The van der Waals surface area contributed by atoms with Crippen LogP contribution in [0.5, 0.6) is 0 Å². The maximum atomic E-state index is 12.4. The number of rotatable bonds is 5. The van der Waals surface area contributed by atoms with E-state index >= 15 is 0 Å². The molecule has 19 heavy (non-hydrogen) atoms. The summed E-state index contributed by atoms with van der Waals surface area (Å²) in [6.45, 7) is 2.40. The van der Waals surface area contributed by atoms with Crippen molar-refractivity contribution in [2.24, 2.45) is 5.73 Å². The summed E-state index contributed by atoms with van der Waals surface area (Å²) in [7, 11) is -1.94. The molecule has 0 atom stereocenters. The summed E-state index contributed by atoms with van der Waals surface area (Å²) in [5, 5.41) is 4.55. The van der Waals surface area contributed by atoms with Crippen LogP contribution in [0.25, 0.3) is 0 Å². The molecule has 5 nitrogen and oxygen atoms in total. The first kappa shape index (κ1) is 14.6. The second-order valence-corrected chi connectivity index (χ2v) is 8.11. The lowest BCUT2D eigenvalue weighted by atomic mass is 10.5. The Kier molecular flexibility index (Phi) is 4.36. The fourth-order valence-corrected chi connectivity index (χ4v) is 4.72. The number of hydrogen-bond donors (Lipinski definition) is 1. The summed E-state index contributed by atoms with van der Waals surface area (Å²) >= 11 is 2.87. The summed E-state index contributed by atoms with van der Waals surface area (Å²) in [6, 6.07) is 1.60. The zero-order chi connectivity index (χ0) is 14.0. The van der Waals surface area contributed by atoms with Crippen molar-refractivity contribution in [2.45, 2.75) is 24.9 Å². The molecule has 2 heterocycles. The van der Waals surface area contributed by atoms with Crippen molar-refractivity contribution in [2.75, 3.05) is 7.05 Å². The van der Waals surface area contributed by atoms with Gasteiger partial charge in [0.15, 0.2) is 0 Å². The minimum Gasteiger partial charge on any atom is -0.326 e. The van der Waals surface area contributed by atoms with E-state index in [0.29, 0.717) is 9.77 Å². The van der Waals surface area contributed by atoms with Gasteiger partial charge in [-0.15, -0.1) is 22.7 Å². The van der Waals surface area contributed by atoms with Crippen LogP contribution in [0.15, 0.2) is 21.7 Å². The number of thiophene rings is 1. The molecule has 0 aliphatic rings. The number of hydrogen-bond acceptors (Lipinski definition) is 6. The van der Waals surface area contributed by atoms with Gasteiger partial charge in [-0.1, -0.05) is 0 Å². The molecule has 2 N–H and O–H groups in total. The van der Waals surface area contributed by atoms with Crippen LogP contribution < -0.4 is 5.73 Å². The van der Waals surface area contributed by atoms with E-state index < -0.39 is 10.0 Å². The van der Waals surface area contributed by atoms with Gasteiger partial charge in [0.1, 0.15) is 0 Å². The molecular weight excluding hydrogens is 302 g/mol. The van der Waals surface area contributed by atoms with Crippen molar-refractivity contribution < 1.29 is 8.42 Å². The first-order chi connectivity index (χ1) is 8.95. The van der Waals surface area contributed by atoms with E-state index in [1.165, 1.54) is 27.0 Å². The van der Waals surface area contributed by atoms with Crippen LogP contribution in [0.1, 0.15) is 15.6 Å². The molecule has 0 aliphatic carbocycles. The summed E-state index contributed by atoms with van der Waals surface area (Å²) in [4.78, 5) is 5.26. The summed E-state index contributed by atoms with van der Waals surface area (Å²) < 4.78 is 26.2. The first-order valence-corrected chi connectivity index (χ1v) is 8.79. The summed E-state index contributed by atoms with van der Waals surface area (Å²) in [5.41, 5.74) is 6.33. The van der Waals surface area contributed by atoms with Crippen molar-refractivity contribution >= 4 is 32.7 Å². The highest BCUT2D eigenvalue weighted by Gasteiger charge is 2.25. The molecule has 0 amide bonds. The topological polar surface area (TPSA) is 76.3 Å². The number of sulfonamides is 1. The van der Waals surface area contributed by atoms with Crippen molar-refractivity contribution in [3.8, 4) is 0 Å². The highest BCUT2D eigenvalue weighted by Crippen LogP contribution is 2.25. The zero-order valence-electron chi connectivity index (χ0n) is 10.7. The zero-order valence-corrected chi connectivity index (χ0v) is 13.1. The predicted octanol–water partition coefficient (Wildman–Crippen LogP) is 1.79. The van der Waals surface area contributed by atoms with Crippen molar-refractivity contribution in [1.82, 2.24) is 9.29 Å². The van der Waals surface area contributed by atoms with E-state index in [4.69, 9.17) is 5.73 Å². The lowest BCUT2D eigenvalue weighted by Crippen LogP contribution is -2.27. The smallest absolute Gasteiger partial charge is 0.244 e. The van der Waals surface area contributed by atoms with Gasteiger partial charge in [0.2, 0.25) is 10.0 Å². The fraction of sp³-hybridized carbons (Fsp3) is 0.364. The molecular formula is C11H15N3O2S3. The molecule has 8 heteroatoms. The van der Waals surface area contributed by atoms with Crippen LogP contribution in [0.4, 0.5) is 0 Å². The van der Waals surface area contributed by atoms with Gasteiger partial charge in [0.05, 0.1) is 22.1 Å². The molecule has 2 aromatic heterocycles. The minimum atomic E-state index is -3.50. The Hall–Kier alpha value is -0.800. The Morgan fingerprint density at radius 3 is 2.74 bits per heavy atom. The molecule has 0 fully saturated rings. The number of aryl methyl sites for hydroxylation is 1. The molecule has 2 aromatic rings. The van der Waals surface area contributed by atoms with E-state index in [-0.39, 0.29) is 13.1 Å². The van der Waals surface area contributed by atoms with Crippen LogP contribution in [0, 0.1) is 6.92 Å². The van der Waals surface area contributed by atoms with Gasteiger partial charge in [0, 0.05) is 23.8 Å². The Balaban J connectivity index is 2.24. The quantitative estimate of drug-likeness (QED) is 0.912. The van der Waals surface area contributed by atoms with Gasteiger partial charge >= 0.3 is 0 Å². The van der Waals surface area contributed by atoms with Crippen molar-refractivity contribution in [3.63, 3.8) is 0 Å². The van der Waals surface area contributed by atoms with Crippen LogP contribution in [-0.2, 0) is 23.1 Å². The molecule has 2 rings (SSSR count). The Bertz CT molecular complexity index is 660. The third-order valence-corrected chi connectivity index (χ3v) is 6.41. The van der Waals surface area contributed by atoms with Gasteiger partial charge in [-0.25, -0.2) is 13.4 Å². The average Bonchev–Trinajstić information content (AvgIpc) is 2.97. The lowest BCUT2D eigenvalue weighted by molar-refractivity contribution is 0.462. The molecule has 0 spiro atoms. The summed E-state index contributed by atoms with van der Waals surface area (Å²) in [6.07, 6.45) is 0. The molecule has 0 aromatic carbocycles. The van der Waals surface area contributed by atoms with E-state index in [9.17, 15) is 8.42 Å². The van der Waals surface area contributed by atoms with E-state index in [1.807, 2.05) is 12.3 Å². The van der Waals surface area contributed by atoms with E-state index in [0.717, 1.165) is 10.7 Å². The van der Waals surface area contributed by atoms with Crippen LogP contribution >= 0.6 is 22.7 Å². The average molecular weight is 317 g/mol. The van der Waals surface area contributed by atoms with E-state index in [2.05, 4.69) is 4.98 Å². The normalized spacial score (nSPS) is 12.2. The highest BCUT2D eigenvalue weighted by atomic mass is 32.2. The second kappa shape index (κ2) is 5.68. The molecule has 0 saturated carbocycles. The molecule has 104 valence electrons. The van der Waals surface area contributed by atoms with Crippen LogP contribution in [0.3, 0.4) is 0 Å². The van der Waals surface area contributed by atoms with Gasteiger partial charge in [-0.05, 0) is 18.4 Å². The van der Waals surface area contributed by atoms with E-state index in [1.54, 1.807) is 18.5 Å². The number of nitrogens with two attached hydrogens (primary N) is 1. The minimum absolute atomic E-state index is 0.232. The Morgan fingerprint density at radius 1 is 1.42 bits per heavy atom. The first-order valence-electron chi connectivity index (χ1n) is 5.59. The standard InChI is InChI=1S/C11H15N3O2S3/c1-8-13-9(7-18-8)6-14(2)19(15,16)11-3-4-17-10(11)5-12/h3-4,7H,5-6,12H2,1-2H3. The number of nitrogens with zero attached hydrogens (tertiary/aromatic N) is 2. The van der Waals surface area contributed by atoms with Gasteiger partial charge in [-0.3, -0.25) is 0 Å². The Labute approximate surface area is 120 Å². The van der Waals surface area contributed by atoms with Crippen molar-refractivity contribution in [1.29, 1.82) is 0 Å².